The van der Waals surface area contributed by atoms with Crippen LogP contribution in [0.5, 0.6) is 11.5 Å². The minimum absolute atomic E-state index is 0.0395. The molecule has 0 atom stereocenters. The molecule has 9 heteroatoms. The predicted octanol–water partition coefficient (Wildman–Crippen LogP) is 3.76. The summed E-state index contributed by atoms with van der Waals surface area (Å²) in [6.07, 6.45) is 3.33. The standard InChI is InChI=1S/C24H25ClN4O4/c1-31-20-8-9-21(32-2)18(15-20)5-10-23(30)29-13-11-28(12-14-29)16-22-26-24(27-33-22)17-3-6-19(25)7-4-17/h3-10,15H,11-14,16H2,1-2H3. The quantitative estimate of drug-likeness (QED) is 0.488. The van der Waals surface area contributed by atoms with Gasteiger partial charge in [0, 0.05) is 48.4 Å². The number of methoxy groups -OCH3 is 2. The highest BCUT2D eigenvalue weighted by molar-refractivity contribution is 6.30. The van der Waals surface area contributed by atoms with Gasteiger partial charge in [-0.2, -0.15) is 4.98 Å². The smallest absolute Gasteiger partial charge is 0.246 e. The average molecular weight is 469 g/mol. The van der Waals surface area contributed by atoms with Crippen molar-refractivity contribution in [2.75, 3.05) is 40.4 Å². The van der Waals surface area contributed by atoms with Crippen LogP contribution in [-0.2, 0) is 11.3 Å². The fourth-order valence-corrected chi connectivity index (χ4v) is 3.72. The predicted molar refractivity (Wildman–Crippen MR) is 125 cm³/mol. The van der Waals surface area contributed by atoms with E-state index in [1.165, 1.54) is 0 Å². The van der Waals surface area contributed by atoms with Gasteiger partial charge in [-0.15, -0.1) is 0 Å². The van der Waals surface area contributed by atoms with Gasteiger partial charge in [0.2, 0.25) is 17.6 Å². The number of hydrogen-bond acceptors (Lipinski definition) is 7. The molecule has 172 valence electrons. The second kappa shape index (κ2) is 10.5. The number of carbonyl (C=O) groups is 1. The number of aromatic nitrogens is 2. The third-order valence-electron chi connectivity index (χ3n) is 5.46. The van der Waals surface area contributed by atoms with Gasteiger partial charge >= 0.3 is 0 Å². The van der Waals surface area contributed by atoms with Crippen LogP contribution in [0.4, 0.5) is 0 Å². The number of benzene rings is 2. The molecular weight excluding hydrogens is 444 g/mol. The summed E-state index contributed by atoms with van der Waals surface area (Å²) in [6, 6.07) is 12.8. The number of rotatable bonds is 7. The Morgan fingerprint density at radius 3 is 2.55 bits per heavy atom. The number of carbonyl (C=O) groups excluding carboxylic acids is 1. The van der Waals surface area contributed by atoms with E-state index in [9.17, 15) is 4.79 Å². The van der Waals surface area contributed by atoms with Crippen LogP contribution < -0.4 is 9.47 Å². The third-order valence-corrected chi connectivity index (χ3v) is 5.71. The largest absolute Gasteiger partial charge is 0.497 e. The molecule has 0 bridgehead atoms. The van der Waals surface area contributed by atoms with Crippen LogP contribution >= 0.6 is 11.6 Å². The van der Waals surface area contributed by atoms with Crippen molar-refractivity contribution in [1.29, 1.82) is 0 Å². The Kier molecular flexibility index (Phi) is 7.26. The maximum absolute atomic E-state index is 12.7. The van der Waals surface area contributed by atoms with Crippen molar-refractivity contribution in [3.8, 4) is 22.9 Å². The average Bonchev–Trinajstić information content (AvgIpc) is 3.31. The first-order chi connectivity index (χ1) is 16.1. The number of nitrogens with zero attached hydrogens (tertiary/aromatic N) is 4. The van der Waals surface area contributed by atoms with Gasteiger partial charge in [0.1, 0.15) is 11.5 Å². The zero-order valence-electron chi connectivity index (χ0n) is 18.5. The van der Waals surface area contributed by atoms with Gasteiger partial charge in [0.05, 0.1) is 20.8 Å². The molecule has 1 amide bonds. The van der Waals surface area contributed by atoms with E-state index in [0.29, 0.717) is 47.9 Å². The number of halogens is 1. The van der Waals surface area contributed by atoms with Crippen molar-refractivity contribution in [3.63, 3.8) is 0 Å². The van der Waals surface area contributed by atoms with Crippen LogP contribution in [0.25, 0.3) is 17.5 Å². The Morgan fingerprint density at radius 1 is 1.09 bits per heavy atom. The molecule has 1 fully saturated rings. The van der Waals surface area contributed by atoms with Crippen molar-refractivity contribution in [2.45, 2.75) is 6.54 Å². The van der Waals surface area contributed by atoms with E-state index in [-0.39, 0.29) is 5.91 Å². The van der Waals surface area contributed by atoms with Crippen molar-refractivity contribution in [1.82, 2.24) is 19.9 Å². The molecule has 2 heterocycles. The molecule has 1 aliphatic rings. The van der Waals surface area contributed by atoms with Gasteiger partial charge in [0.15, 0.2) is 0 Å². The third kappa shape index (κ3) is 5.71. The van der Waals surface area contributed by atoms with Gasteiger partial charge in [-0.1, -0.05) is 16.8 Å². The maximum Gasteiger partial charge on any atom is 0.246 e. The minimum atomic E-state index is -0.0395. The van der Waals surface area contributed by atoms with Crippen molar-refractivity contribution >= 4 is 23.6 Å². The topological polar surface area (TPSA) is 80.9 Å². The second-order valence-corrected chi connectivity index (χ2v) is 8.00. The van der Waals surface area contributed by atoms with E-state index in [2.05, 4.69) is 15.0 Å². The van der Waals surface area contributed by atoms with Crippen LogP contribution in [0.3, 0.4) is 0 Å². The molecule has 3 aromatic rings. The Morgan fingerprint density at radius 2 is 1.85 bits per heavy atom. The molecule has 0 aliphatic carbocycles. The highest BCUT2D eigenvalue weighted by atomic mass is 35.5. The van der Waals surface area contributed by atoms with Crippen LogP contribution in [-0.4, -0.2) is 66.2 Å². The summed E-state index contributed by atoms with van der Waals surface area (Å²) >= 11 is 5.93. The molecule has 1 saturated heterocycles. The molecule has 2 aromatic carbocycles. The fraction of sp³-hybridized carbons (Fsp3) is 0.292. The molecule has 1 aromatic heterocycles. The summed E-state index contributed by atoms with van der Waals surface area (Å²) in [6.45, 7) is 3.23. The Balaban J connectivity index is 1.30. The van der Waals surface area contributed by atoms with Gasteiger partial charge < -0.3 is 18.9 Å². The molecule has 0 unspecified atom stereocenters. The Labute approximate surface area is 197 Å². The summed E-state index contributed by atoms with van der Waals surface area (Å²) in [4.78, 5) is 21.2. The number of amides is 1. The molecule has 8 nitrogen and oxygen atoms in total. The number of hydrogen-bond donors (Lipinski definition) is 0. The van der Waals surface area contributed by atoms with E-state index in [0.717, 1.165) is 24.2 Å². The van der Waals surface area contributed by atoms with E-state index < -0.39 is 0 Å². The lowest BCUT2D eigenvalue weighted by Crippen LogP contribution is -2.47. The summed E-state index contributed by atoms with van der Waals surface area (Å²) in [5.74, 6) is 2.43. The fourth-order valence-electron chi connectivity index (χ4n) is 3.59. The Bertz CT molecular complexity index is 1120. The van der Waals surface area contributed by atoms with E-state index >= 15 is 0 Å². The molecule has 0 radical (unpaired) electrons. The lowest BCUT2D eigenvalue weighted by molar-refractivity contribution is -0.127. The zero-order valence-corrected chi connectivity index (χ0v) is 19.3. The SMILES string of the molecule is COc1ccc(OC)c(C=CC(=O)N2CCN(Cc3nc(-c4ccc(Cl)cc4)no3)CC2)c1. The van der Waals surface area contributed by atoms with Crippen molar-refractivity contribution < 1.29 is 18.8 Å². The molecule has 0 saturated carbocycles. The highest BCUT2D eigenvalue weighted by Crippen LogP contribution is 2.25. The monoisotopic (exact) mass is 468 g/mol. The second-order valence-electron chi connectivity index (χ2n) is 7.56. The van der Waals surface area contributed by atoms with Gasteiger partial charge in [-0.3, -0.25) is 9.69 Å². The summed E-state index contributed by atoms with van der Waals surface area (Å²) < 4.78 is 16.0. The zero-order chi connectivity index (χ0) is 23.2. The van der Waals surface area contributed by atoms with E-state index in [4.69, 9.17) is 25.6 Å². The van der Waals surface area contributed by atoms with Gasteiger partial charge in [-0.25, -0.2) is 0 Å². The first kappa shape index (κ1) is 22.8. The van der Waals surface area contributed by atoms with Crippen molar-refractivity contribution in [2.24, 2.45) is 0 Å². The van der Waals surface area contributed by atoms with Crippen LogP contribution in [0.2, 0.25) is 5.02 Å². The van der Waals surface area contributed by atoms with E-state index in [1.54, 1.807) is 38.5 Å². The lowest BCUT2D eigenvalue weighted by Gasteiger charge is -2.33. The first-order valence-corrected chi connectivity index (χ1v) is 10.9. The first-order valence-electron chi connectivity index (χ1n) is 10.6. The molecule has 0 spiro atoms. The Hall–Kier alpha value is -3.36. The normalized spacial score (nSPS) is 14.6. The van der Waals surface area contributed by atoms with E-state index in [1.807, 2.05) is 35.2 Å². The molecule has 1 aliphatic heterocycles. The maximum atomic E-state index is 12.7. The molecular formula is C24H25ClN4O4. The summed E-state index contributed by atoms with van der Waals surface area (Å²) in [5.41, 5.74) is 1.64. The number of piperazine rings is 1. The summed E-state index contributed by atoms with van der Waals surface area (Å²) in [7, 11) is 3.20. The molecule has 4 rings (SSSR count). The van der Waals surface area contributed by atoms with Crippen LogP contribution in [0.1, 0.15) is 11.5 Å². The molecule has 33 heavy (non-hydrogen) atoms. The van der Waals surface area contributed by atoms with Gasteiger partial charge in [-0.05, 0) is 48.5 Å². The summed E-state index contributed by atoms with van der Waals surface area (Å²) in [5, 5.41) is 4.72. The lowest BCUT2D eigenvalue weighted by atomic mass is 10.1. The minimum Gasteiger partial charge on any atom is -0.497 e. The van der Waals surface area contributed by atoms with Gasteiger partial charge in [0.25, 0.3) is 0 Å². The number of ether oxygens (including phenoxy) is 2. The van der Waals surface area contributed by atoms with Crippen LogP contribution in [0, 0.1) is 0 Å². The van der Waals surface area contributed by atoms with Crippen LogP contribution in [0.15, 0.2) is 53.1 Å². The van der Waals surface area contributed by atoms with Crippen molar-refractivity contribution in [3.05, 3.63) is 65.0 Å². The highest BCUT2D eigenvalue weighted by Gasteiger charge is 2.21. The molecule has 0 N–H and O–H groups in total.